The van der Waals surface area contributed by atoms with Crippen molar-refractivity contribution < 1.29 is 4.79 Å². The Morgan fingerprint density at radius 1 is 1.25 bits per heavy atom. The van der Waals surface area contributed by atoms with Crippen LogP contribution in [0.1, 0.15) is 41.9 Å². The summed E-state index contributed by atoms with van der Waals surface area (Å²) in [7, 11) is 0. The molecule has 0 aliphatic carbocycles. The summed E-state index contributed by atoms with van der Waals surface area (Å²) in [5.41, 5.74) is 3.81. The smallest absolute Gasteiger partial charge is 0.254 e. The Balaban J connectivity index is 2.34. The average Bonchev–Trinajstić information content (AvgIpc) is 2.89. The van der Waals surface area contributed by atoms with Crippen LogP contribution in [0.15, 0.2) is 30.5 Å². The molecule has 4 nitrogen and oxygen atoms in total. The number of amides is 1. The predicted octanol–water partition coefficient (Wildman–Crippen LogP) is 2.88. The SMILES string of the molecule is CCCNC(=O)c1cnn(-c2ccc(C)cc2)c1CC. The highest BCUT2D eigenvalue weighted by atomic mass is 16.1. The minimum atomic E-state index is -0.0398. The van der Waals surface area contributed by atoms with Gasteiger partial charge in [0.25, 0.3) is 5.91 Å². The lowest BCUT2D eigenvalue weighted by Crippen LogP contribution is -2.24. The van der Waals surface area contributed by atoms with Gasteiger partial charge in [0.1, 0.15) is 0 Å². The van der Waals surface area contributed by atoms with Gasteiger partial charge in [0.2, 0.25) is 0 Å². The topological polar surface area (TPSA) is 46.9 Å². The van der Waals surface area contributed by atoms with Crippen LogP contribution in [0.3, 0.4) is 0 Å². The fraction of sp³-hybridized carbons (Fsp3) is 0.375. The number of hydrogen-bond acceptors (Lipinski definition) is 2. The number of carbonyl (C=O) groups excluding carboxylic acids is 1. The Morgan fingerprint density at radius 3 is 2.55 bits per heavy atom. The molecule has 0 unspecified atom stereocenters. The van der Waals surface area contributed by atoms with E-state index in [0.717, 1.165) is 24.2 Å². The van der Waals surface area contributed by atoms with Crippen molar-refractivity contribution in [1.29, 1.82) is 0 Å². The van der Waals surface area contributed by atoms with Gasteiger partial charge in [-0.15, -0.1) is 0 Å². The first kappa shape index (κ1) is 14.3. The lowest BCUT2D eigenvalue weighted by Gasteiger charge is -2.08. The number of nitrogens with one attached hydrogen (secondary N) is 1. The lowest BCUT2D eigenvalue weighted by atomic mass is 10.1. The van der Waals surface area contributed by atoms with Crippen LogP contribution in [-0.4, -0.2) is 22.2 Å². The second kappa shape index (κ2) is 6.37. The molecule has 0 bridgehead atoms. The highest BCUT2D eigenvalue weighted by Crippen LogP contribution is 2.16. The van der Waals surface area contributed by atoms with Gasteiger partial charge < -0.3 is 5.32 Å². The van der Waals surface area contributed by atoms with Gasteiger partial charge >= 0.3 is 0 Å². The first-order valence-corrected chi connectivity index (χ1v) is 7.09. The molecule has 1 aromatic carbocycles. The van der Waals surface area contributed by atoms with E-state index in [1.165, 1.54) is 5.56 Å². The summed E-state index contributed by atoms with van der Waals surface area (Å²) in [6.07, 6.45) is 3.35. The van der Waals surface area contributed by atoms with Gasteiger partial charge in [-0.1, -0.05) is 31.5 Å². The lowest BCUT2D eigenvalue weighted by molar-refractivity contribution is 0.0952. The number of hydrogen-bond donors (Lipinski definition) is 1. The molecule has 1 heterocycles. The second-order valence-corrected chi connectivity index (χ2v) is 4.86. The summed E-state index contributed by atoms with van der Waals surface area (Å²) in [6, 6.07) is 8.14. The summed E-state index contributed by atoms with van der Waals surface area (Å²) in [5, 5.41) is 7.28. The average molecular weight is 271 g/mol. The Labute approximate surface area is 119 Å². The van der Waals surface area contributed by atoms with E-state index in [0.29, 0.717) is 12.1 Å². The van der Waals surface area contributed by atoms with Crippen molar-refractivity contribution in [3.05, 3.63) is 47.3 Å². The van der Waals surface area contributed by atoms with Gasteiger partial charge in [0, 0.05) is 6.54 Å². The quantitative estimate of drug-likeness (QED) is 0.909. The van der Waals surface area contributed by atoms with Gasteiger partial charge in [-0.3, -0.25) is 4.79 Å². The number of rotatable bonds is 5. The van der Waals surface area contributed by atoms with E-state index in [9.17, 15) is 4.79 Å². The maximum Gasteiger partial charge on any atom is 0.254 e. The number of aromatic nitrogens is 2. The van der Waals surface area contributed by atoms with Crippen molar-refractivity contribution in [3.63, 3.8) is 0 Å². The molecule has 20 heavy (non-hydrogen) atoms. The summed E-state index contributed by atoms with van der Waals surface area (Å²) in [4.78, 5) is 12.1. The monoisotopic (exact) mass is 271 g/mol. The molecule has 0 radical (unpaired) electrons. The van der Waals surface area contributed by atoms with Crippen LogP contribution in [-0.2, 0) is 6.42 Å². The van der Waals surface area contributed by atoms with Crippen molar-refractivity contribution in [2.45, 2.75) is 33.6 Å². The molecular weight excluding hydrogens is 250 g/mol. The van der Waals surface area contributed by atoms with Crippen LogP contribution in [0.4, 0.5) is 0 Å². The molecule has 0 saturated carbocycles. The molecule has 0 saturated heterocycles. The summed E-state index contributed by atoms with van der Waals surface area (Å²) < 4.78 is 1.85. The molecule has 0 fully saturated rings. The van der Waals surface area contributed by atoms with Crippen LogP contribution in [0.2, 0.25) is 0 Å². The van der Waals surface area contributed by atoms with E-state index in [1.807, 2.05) is 42.8 Å². The predicted molar refractivity (Wildman–Crippen MR) is 80.3 cm³/mol. The summed E-state index contributed by atoms with van der Waals surface area (Å²) in [5.74, 6) is -0.0398. The van der Waals surface area contributed by atoms with Gasteiger partial charge in [0.05, 0.1) is 23.1 Å². The third kappa shape index (κ3) is 2.90. The Bertz CT molecular complexity index is 584. The van der Waals surface area contributed by atoms with Crippen LogP contribution in [0.5, 0.6) is 0 Å². The Hall–Kier alpha value is -2.10. The number of benzene rings is 1. The highest BCUT2D eigenvalue weighted by Gasteiger charge is 2.16. The minimum Gasteiger partial charge on any atom is -0.352 e. The van der Waals surface area contributed by atoms with Gasteiger partial charge in [0.15, 0.2) is 0 Å². The molecule has 0 aliphatic heterocycles. The fourth-order valence-corrected chi connectivity index (χ4v) is 2.15. The van der Waals surface area contributed by atoms with Crippen molar-refractivity contribution in [1.82, 2.24) is 15.1 Å². The van der Waals surface area contributed by atoms with Gasteiger partial charge in [-0.2, -0.15) is 5.10 Å². The van der Waals surface area contributed by atoms with E-state index in [1.54, 1.807) is 6.20 Å². The number of nitrogens with zero attached hydrogens (tertiary/aromatic N) is 2. The molecule has 106 valence electrons. The largest absolute Gasteiger partial charge is 0.352 e. The van der Waals surface area contributed by atoms with E-state index in [2.05, 4.69) is 17.3 Å². The fourth-order valence-electron chi connectivity index (χ4n) is 2.15. The van der Waals surface area contributed by atoms with Crippen LogP contribution in [0.25, 0.3) is 5.69 Å². The number of aryl methyl sites for hydroxylation is 1. The zero-order valence-electron chi connectivity index (χ0n) is 12.3. The third-order valence-corrected chi connectivity index (χ3v) is 3.26. The van der Waals surface area contributed by atoms with Crippen LogP contribution < -0.4 is 5.32 Å². The molecule has 0 spiro atoms. The molecule has 2 rings (SSSR count). The van der Waals surface area contributed by atoms with Crippen LogP contribution in [0, 0.1) is 6.92 Å². The molecule has 2 aromatic rings. The molecular formula is C16H21N3O. The summed E-state index contributed by atoms with van der Waals surface area (Å²) >= 11 is 0. The normalized spacial score (nSPS) is 10.6. The first-order chi connectivity index (χ1) is 9.67. The number of carbonyl (C=O) groups is 1. The minimum absolute atomic E-state index is 0.0398. The molecule has 1 N–H and O–H groups in total. The molecule has 1 aromatic heterocycles. The molecule has 4 heteroatoms. The van der Waals surface area contributed by atoms with Crippen LogP contribution >= 0.6 is 0 Å². The molecule has 1 amide bonds. The van der Waals surface area contributed by atoms with Crippen molar-refractivity contribution >= 4 is 5.91 Å². The van der Waals surface area contributed by atoms with E-state index < -0.39 is 0 Å². The Morgan fingerprint density at radius 2 is 1.95 bits per heavy atom. The van der Waals surface area contributed by atoms with E-state index >= 15 is 0 Å². The molecule has 0 aliphatic rings. The maximum atomic E-state index is 12.1. The molecule has 0 atom stereocenters. The van der Waals surface area contributed by atoms with Crippen molar-refractivity contribution in [2.75, 3.05) is 6.54 Å². The van der Waals surface area contributed by atoms with Crippen molar-refractivity contribution in [3.8, 4) is 5.69 Å². The second-order valence-electron chi connectivity index (χ2n) is 4.86. The Kier molecular flexibility index (Phi) is 4.56. The zero-order chi connectivity index (χ0) is 14.5. The van der Waals surface area contributed by atoms with Gasteiger partial charge in [-0.25, -0.2) is 4.68 Å². The standard InChI is InChI=1S/C16H21N3O/c1-4-10-17-16(20)14-11-18-19(15(14)5-2)13-8-6-12(3)7-9-13/h6-9,11H,4-5,10H2,1-3H3,(H,17,20). The highest BCUT2D eigenvalue weighted by molar-refractivity contribution is 5.95. The maximum absolute atomic E-state index is 12.1. The van der Waals surface area contributed by atoms with E-state index in [4.69, 9.17) is 0 Å². The van der Waals surface area contributed by atoms with Gasteiger partial charge in [-0.05, 0) is 31.9 Å². The van der Waals surface area contributed by atoms with Crippen molar-refractivity contribution in [2.24, 2.45) is 0 Å². The first-order valence-electron chi connectivity index (χ1n) is 7.09. The zero-order valence-corrected chi connectivity index (χ0v) is 12.3. The van der Waals surface area contributed by atoms with E-state index in [-0.39, 0.29) is 5.91 Å². The third-order valence-electron chi connectivity index (χ3n) is 3.26. The summed E-state index contributed by atoms with van der Waals surface area (Å²) in [6.45, 7) is 6.82.